The van der Waals surface area contributed by atoms with Crippen LogP contribution in [0.3, 0.4) is 0 Å². The maximum Gasteiger partial charge on any atom is 0.410 e. The fourth-order valence-corrected chi connectivity index (χ4v) is 9.34. The maximum atomic E-state index is 13.5. The summed E-state index contributed by atoms with van der Waals surface area (Å²) in [5, 5.41) is 3.22. The molecule has 7 heteroatoms. The van der Waals surface area contributed by atoms with Gasteiger partial charge in [-0.15, -0.1) is 0 Å². The number of piperidine rings is 1. The molecule has 5 aliphatic carbocycles. The van der Waals surface area contributed by atoms with Crippen molar-refractivity contribution in [3.05, 3.63) is 71.3 Å². The molecule has 40 heavy (non-hydrogen) atoms. The number of hydrogen-bond donors (Lipinski definition) is 2. The van der Waals surface area contributed by atoms with Crippen molar-refractivity contribution < 1.29 is 19.1 Å². The Kier molecular flexibility index (Phi) is 6.17. The summed E-state index contributed by atoms with van der Waals surface area (Å²) in [7, 11) is 0. The van der Waals surface area contributed by atoms with Crippen LogP contribution in [0.25, 0.3) is 0 Å². The third kappa shape index (κ3) is 4.20. The Morgan fingerprint density at radius 3 is 2.27 bits per heavy atom. The number of fused-ring (bicyclic) bond motifs is 2. The Bertz CT molecular complexity index is 1300. The van der Waals surface area contributed by atoms with Crippen molar-refractivity contribution in [2.45, 2.75) is 75.3 Å². The first-order valence-corrected chi connectivity index (χ1v) is 15.0. The predicted octanol–water partition coefficient (Wildman–Crippen LogP) is 4.64. The summed E-state index contributed by atoms with van der Waals surface area (Å²) in [5.41, 5.74) is 8.74. The number of nitrogens with zero attached hydrogens (tertiary/aromatic N) is 1. The van der Waals surface area contributed by atoms with E-state index in [1.165, 1.54) is 5.56 Å². The number of primary amides is 1. The number of likely N-dealkylation sites (tertiary alicyclic amines) is 1. The number of ether oxygens (including phenoxy) is 1. The molecule has 3 atom stereocenters. The number of nitrogens with two attached hydrogens (primary N) is 1. The Labute approximate surface area is 235 Å². The zero-order chi connectivity index (χ0) is 27.5. The molecule has 3 amide bonds. The Morgan fingerprint density at radius 1 is 0.900 bits per heavy atom. The van der Waals surface area contributed by atoms with Crippen LogP contribution in [0.2, 0.25) is 0 Å². The molecule has 0 radical (unpaired) electrons. The van der Waals surface area contributed by atoms with Gasteiger partial charge in [-0.25, -0.2) is 4.79 Å². The lowest BCUT2D eigenvalue weighted by Crippen LogP contribution is -2.59. The second-order valence-electron chi connectivity index (χ2n) is 13.3. The maximum absolute atomic E-state index is 13.5. The highest BCUT2D eigenvalue weighted by Gasteiger charge is 2.60. The number of amides is 3. The number of nitrogens with one attached hydrogen (secondary N) is 1. The van der Waals surface area contributed by atoms with Crippen LogP contribution in [0.5, 0.6) is 0 Å². The van der Waals surface area contributed by atoms with Gasteiger partial charge in [-0.3, -0.25) is 9.59 Å². The Morgan fingerprint density at radius 2 is 1.57 bits per heavy atom. The number of benzene rings is 2. The topological polar surface area (TPSA) is 102 Å². The quantitative estimate of drug-likeness (QED) is 0.576. The second kappa shape index (κ2) is 9.64. The van der Waals surface area contributed by atoms with Crippen molar-refractivity contribution in [3.63, 3.8) is 0 Å². The minimum Gasteiger partial charge on any atom is -0.446 e. The van der Waals surface area contributed by atoms with E-state index in [1.54, 1.807) is 0 Å². The fourth-order valence-electron chi connectivity index (χ4n) is 9.34. The molecule has 0 aromatic heterocycles. The molecule has 7 nitrogen and oxygen atoms in total. The second-order valence-corrected chi connectivity index (χ2v) is 13.3. The van der Waals surface area contributed by atoms with Crippen molar-refractivity contribution in [1.29, 1.82) is 0 Å². The van der Waals surface area contributed by atoms with E-state index in [9.17, 15) is 14.4 Å². The Balaban J connectivity index is 0.984. The van der Waals surface area contributed by atoms with Gasteiger partial charge in [0.1, 0.15) is 6.10 Å². The van der Waals surface area contributed by atoms with E-state index in [4.69, 9.17) is 10.5 Å². The number of carbonyl (C=O) groups is 3. The van der Waals surface area contributed by atoms with E-state index >= 15 is 0 Å². The normalized spacial score (nSPS) is 33.0. The summed E-state index contributed by atoms with van der Waals surface area (Å²) in [6.45, 7) is 1.80. The van der Waals surface area contributed by atoms with Crippen LogP contribution in [0.1, 0.15) is 74.0 Å². The van der Waals surface area contributed by atoms with Crippen molar-refractivity contribution in [2.24, 2.45) is 28.9 Å². The molecule has 210 valence electrons. The smallest absolute Gasteiger partial charge is 0.410 e. The van der Waals surface area contributed by atoms with Crippen LogP contribution < -0.4 is 11.1 Å². The molecule has 2 aromatic carbocycles. The average molecular weight is 542 g/mol. The summed E-state index contributed by atoms with van der Waals surface area (Å²) >= 11 is 0. The van der Waals surface area contributed by atoms with E-state index in [0.29, 0.717) is 25.6 Å². The van der Waals surface area contributed by atoms with E-state index in [0.717, 1.165) is 62.5 Å². The van der Waals surface area contributed by atoms with Gasteiger partial charge >= 0.3 is 6.09 Å². The third-order valence-electron chi connectivity index (χ3n) is 11.0. The van der Waals surface area contributed by atoms with Gasteiger partial charge in [-0.05, 0) is 85.8 Å². The van der Waals surface area contributed by atoms with E-state index in [-0.39, 0.29) is 52.6 Å². The highest BCUT2D eigenvalue weighted by molar-refractivity contribution is 5.84. The molecular formula is C33H39N3O4. The standard InChI is InChI=1S/C33H39N3O4/c34-29(37)26-19-32(27-9-5-4-8-25(26)27)10-12-36(13-11-32)31(39)40-28-23-14-22-15-24(28)18-33(16-22,17-23)30(38)35-20-21-6-2-1-3-7-21/h1-9,22-24,26,28H,10-20H2,(H2,34,37)(H,35,38). The van der Waals surface area contributed by atoms with Crippen LogP contribution in [0.15, 0.2) is 54.6 Å². The van der Waals surface area contributed by atoms with E-state index in [1.807, 2.05) is 53.4 Å². The highest BCUT2D eigenvalue weighted by Crippen LogP contribution is 2.61. The minimum atomic E-state index is -0.321. The molecule has 1 aliphatic heterocycles. The fraction of sp³-hybridized carbons (Fsp3) is 0.545. The molecular weight excluding hydrogens is 502 g/mol. The molecule has 4 saturated carbocycles. The molecule has 1 heterocycles. The first kappa shape index (κ1) is 25.6. The summed E-state index contributed by atoms with van der Waals surface area (Å²) in [6, 6.07) is 18.2. The van der Waals surface area contributed by atoms with Gasteiger partial charge < -0.3 is 20.7 Å². The summed E-state index contributed by atoms with van der Waals surface area (Å²) in [4.78, 5) is 40.9. The monoisotopic (exact) mass is 541 g/mol. The van der Waals surface area contributed by atoms with Gasteiger partial charge in [-0.2, -0.15) is 0 Å². The molecule has 1 saturated heterocycles. The number of rotatable bonds is 5. The lowest BCUT2D eigenvalue weighted by atomic mass is 9.48. The lowest BCUT2D eigenvalue weighted by Gasteiger charge is -2.58. The SMILES string of the molecule is NC(=O)C1CC2(CCN(C(=O)OC3C4CC5CC3CC(C(=O)NCc3ccccc3)(C5)C4)CC2)c2ccccc21. The molecule has 3 unspecified atom stereocenters. The van der Waals surface area contributed by atoms with Crippen LogP contribution in [0.4, 0.5) is 4.79 Å². The highest BCUT2D eigenvalue weighted by atomic mass is 16.6. The molecule has 5 fully saturated rings. The first-order valence-electron chi connectivity index (χ1n) is 15.0. The minimum absolute atomic E-state index is 0.0959. The Hall–Kier alpha value is -3.35. The largest absolute Gasteiger partial charge is 0.446 e. The first-order chi connectivity index (χ1) is 19.4. The number of hydrogen-bond acceptors (Lipinski definition) is 4. The third-order valence-corrected chi connectivity index (χ3v) is 11.0. The van der Waals surface area contributed by atoms with E-state index < -0.39 is 0 Å². The summed E-state index contributed by atoms with van der Waals surface area (Å²) < 4.78 is 6.28. The van der Waals surface area contributed by atoms with Crippen LogP contribution in [0, 0.1) is 23.2 Å². The van der Waals surface area contributed by atoms with Crippen LogP contribution >= 0.6 is 0 Å². The van der Waals surface area contributed by atoms with Crippen molar-refractivity contribution in [3.8, 4) is 0 Å². The van der Waals surface area contributed by atoms with Gasteiger partial charge in [0.15, 0.2) is 0 Å². The molecule has 8 rings (SSSR count). The lowest BCUT2D eigenvalue weighted by molar-refractivity contribution is -0.165. The molecule has 2 aromatic rings. The van der Waals surface area contributed by atoms with Gasteiger partial charge in [0.2, 0.25) is 11.8 Å². The van der Waals surface area contributed by atoms with Gasteiger partial charge in [0, 0.05) is 25.0 Å². The van der Waals surface area contributed by atoms with Crippen molar-refractivity contribution in [1.82, 2.24) is 10.2 Å². The van der Waals surface area contributed by atoms with Gasteiger partial charge in [0.05, 0.1) is 11.3 Å². The van der Waals surface area contributed by atoms with Crippen molar-refractivity contribution in [2.75, 3.05) is 13.1 Å². The van der Waals surface area contributed by atoms with E-state index in [2.05, 4.69) is 11.4 Å². The molecule has 4 bridgehead atoms. The zero-order valence-electron chi connectivity index (χ0n) is 23.0. The van der Waals surface area contributed by atoms with Crippen LogP contribution in [-0.4, -0.2) is 42.0 Å². The summed E-state index contributed by atoms with van der Waals surface area (Å²) in [5.74, 6) is 0.719. The average Bonchev–Trinajstić information content (AvgIpc) is 3.28. The van der Waals surface area contributed by atoms with Gasteiger partial charge in [-0.1, -0.05) is 54.6 Å². The van der Waals surface area contributed by atoms with Crippen molar-refractivity contribution >= 4 is 17.9 Å². The predicted molar refractivity (Wildman–Crippen MR) is 150 cm³/mol. The van der Waals surface area contributed by atoms with Crippen LogP contribution in [-0.2, 0) is 26.3 Å². The van der Waals surface area contributed by atoms with Gasteiger partial charge in [0.25, 0.3) is 0 Å². The molecule has 6 aliphatic rings. The molecule has 3 N–H and O–H groups in total. The molecule has 1 spiro atoms. The summed E-state index contributed by atoms with van der Waals surface area (Å²) in [6.07, 6.45) is 6.73. The number of carbonyl (C=O) groups excluding carboxylic acids is 3. The zero-order valence-corrected chi connectivity index (χ0v) is 23.0.